The van der Waals surface area contributed by atoms with Crippen LogP contribution in [0.25, 0.3) is 10.6 Å². The van der Waals surface area contributed by atoms with Crippen LogP contribution in [0.1, 0.15) is 36.9 Å². The smallest absolute Gasteiger partial charge is 0.125 e. The highest BCUT2D eigenvalue weighted by Crippen LogP contribution is 2.29. The summed E-state index contributed by atoms with van der Waals surface area (Å²) in [4.78, 5) is 10.2. The highest BCUT2D eigenvalue weighted by atomic mass is 32.1. The molecule has 2 rings (SSSR count). The van der Waals surface area contributed by atoms with E-state index < -0.39 is 0 Å². The fourth-order valence-corrected chi connectivity index (χ4v) is 2.82. The van der Waals surface area contributed by atoms with E-state index in [1.54, 1.807) is 11.3 Å². The Morgan fingerprint density at radius 2 is 2.00 bits per heavy atom. The van der Waals surface area contributed by atoms with Gasteiger partial charge in [-0.15, -0.1) is 11.3 Å². The van der Waals surface area contributed by atoms with E-state index in [4.69, 9.17) is 0 Å². The molecule has 0 aliphatic rings. The molecule has 0 aliphatic carbocycles. The van der Waals surface area contributed by atoms with E-state index in [1.165, 1.54) is 10.4 Å². The Bertz CT molecular complexity index is 567. The zero-order valence-electron chi connectivity index (χ0n) is 12.2. The summed E-state index contributed by atoms with van der Waals surface area (Å²) in [6.07, 6.45) is 3.72. The number of nitrogens with zero attached hydrogens (tertiary/aromatic N) is 2. The minimum atomic E-state index is 0.126. The Hall–Kier alpha value is -1.26. The third kappa shape index (κ3) is 3.61. The lowest BCUT2D eigenvalue weighted by molar-refractivity contribution is 0.425. The van der Waals surface area contributed by atoms with Gasteiger partial charge in [-0.3, -0.25) is 4.98 Å². The molecule has 0 aromatic carbocycles. The summed E-state index contributed by atoms with van der Waals surface area (Å²) >= 11 is 1.75. The molecule has 19 heavy (non-hydrogen) atoms. The molecule has 0 unspecified atom stereocenters. The zero-order chi connectivity index (χ0) is 14.0. The maximum atomic E-state index is 4.68. The Labute approximate surface area is 119 Å². The van der Waals surface area contributed by atoms with Crippen LogP contribution in [0.3, 0.4) is 0 Å². The summed E-state index contributed by atoms with van der Waals surface area (Å²) < 4.78 is 0. The van der Waals surface area contributed by atoms with Crippen molar-refractivity contribution in [2.75, 3.05) is 0 Å². The number of thiazole rings is 1. The number of aryl methyl sites for hydroxylation is 2. The van der Waals surface area contributed by atoms with Crippen molar-refractivity contribution in [2.45, 2.75) is 46.7 Å². The van der Waals surface area contributed by atoms with Crippen LogP contribution in [0.15, 0.2) is 18.5 Å². The largest absolute Gasteiger partial charge is 0.307 e. The number of hydrogen-bond acceptors (Lipinski definition) is 4. The molecular formula is C15H21N3S. The van der Waals surface area contributed by atoms with Gasteiger partial charge >= 0.3 is 0 Å². The average molecular weight is 275 g/mol. The van der Waals surface area contributed by atoms with Crippen molar-refractivity contribution in [3.05, 3.63) is 34.6 Å². The first-order chi connectivity index (χ1) is 8.87. The summed E-state index contributed by atoms with van der Waals surface area (Å²) in [7, 11) is 0. The number of pyridine rings is 1. The molecule has 0 spiro atoms. The van der Waals surface area contributed by atoms with Gasteiger partial charge in [0.1, 0.15) is 5.01 Å². The predicted octanol–water partition coefficient (Wildman–Crippen LogP) is 3.71. The fourth-order valence-electron chi connectivity index (χ4n) is 1.74. The van der Waals surface area contributed by atoms with Crippen molar-refractivity contribution in [1.29, 1.82) is 0 Å². The summed E-state index contributed by atoms with van der Waals surface area (Å²) in [5, 5.41) is 4.58. The molecule has 2 heterocycles. The first-order valence-corrected chi connectivity index (χ1v) is 7.31. The van der Waals surface area contributed by atoms with Gasteiger partial charge in [-0.25, -0.2) is 4.98 Å². The molecule has 0 radical (unpaired) electrons. The van der Waals surface area contributed by atoms with Crippen LogP contribution in [0.5, 0.6) is 0 Å². The first-order valence-electron chi connectivity index (χ1n) is 6.49. The molecule has 2 aromatic heterocycles. The lowest BCUT2D eigenvalue weighted by atomic mass is 10.1. The third-order valence-corrected chi connectivity index (χ3v) is 4.13. The second-order valence-corrected chi connectivity index (χ2v) is 6.91. The second kappa shape index (κ2) is 5.39. The summed E-state index contributed by atoms with van der Waals surface area (Å²) in [5.41, 5.74) is 3.59. The van der Waals surface area contributed by atoms with Gasteiger partial charge in [0.2, 0.25) is 0 Å². The second-order valence-electron chi connectivity index (χ2n) is 5.82. The molecule has 0 fully saturated rings. The van der Waals surface area contributed by atoms with E-state index in [-0.39, 0.29) is 5.54 Å². The summed E-state index contributed by atoms with van der Waals surface area (Å²) in [6, 6.07) is 2.03. The molecule has 0 amide bonds. The number of rotatable bonds is 3. The van der Waals surface area contributed by atoms with Crippen LogP contribution in [0.2, 0.25) is 0 Å². The molecule has 0 saturated carbocycles. The van der Waals surface area contributed by atoms with E-state index in [0.717, 1.165) is 22.8 Å². The molecule has 102 valence electrons. The normalized spacial score (nSPS) is 11.8. The lowest BCUT2D eigenvalue weighted by Crippen LogP contribution is -2.34. The van der Waals surface area contributed by atoms with Gasteiger partial charge in [0, 0.05) is 34.9 Å². The van der Waals surface area contributed by atoms with Crippen molar-refractivity contribution >= 4 is 11.3 Å². The minimum absolute atomic E-state index is 0.126. The maximum absolute atomic E-state index is 4.68. The van der Waals surface area contributed by atoms with Crippen LogP contribution < -0.4 is 5.32 Å². The van der Waals surface area contributed by atoms with Crippen molar-refractivity contribution < 1.29 is 0 Å². The van der Waals surface area contributed by atoms with Crippen LogP contribution >= 0.6 is 11.3 Å². The van der Waals surface area contributed by atoms with E-state index in [2.05, 4.69) is 49.9 Å². The van der Waals surface area contributed by atoms with Crippen molar-refractivity contribution in [2.24, 2.45) is 0 Å². The van der Waals surface area contributed by atoms with Gasteiger partial charge in [-0.1, -0.05) is 0 Å². The predicted molar refractivity (Wildman–Crippen MR) is 81.4 cm³/mol. The molecule has 2 aromatic rings. The van der Waals surface area contributed by atoms with E-state index in [0.29, 0.717) is 0 Å². The third-order valence-electron chi connectivity index (χ3n) is 2.94. The van der Waals surface area contributed by atoms with E-state index in [1.807, 2.05) is 18.5 Å². The van der Waals surface area contributed by atoms with Crippen LogP contribution in [-0.4, -0.2) is 15.5 Å². The van der Waals surface area contributed by atoms with E-state index >= 15 is 0 Å². The Morgan fingerprint density at radius 1 is 1.26 bits per heavy atom. The number of hydrogen-bond donors (Lipinski definition) is 1. The molecule has 0 bridgehead atoms. The maximum Gasteiger partial charge on any atom is 0.125 e. The van der Waals surface area contributed by atoms with Crippen molar-refractivity contribution in [1.82, 2.24) is 15.3 Å². The molecule has 3 nitrogen and oxygen atoms in total. The summed E-state index contributed by atoms with van der Waals surface area (Å²) in [5.74, 6) is 0. The van der Waals surface area contributed by atoms with Gasteiger partial charge < -0.3 is 5.32 Å². The standard InChI is InChI=1S/C15H21N3S/c1-10-6-7-16-8-12(10)14-18-11(2)13(19-14)9-17-15(3,4)5/h6-8,17H,9H2,1-5H3. The van der Waals surface area contributed by atoms with Crippen LogP contribution in [-0.2, 0) is 6.54 Å². The Balaban J connectivity index is 2.24. The average Bonchev–Trinajstić information content (AvgIpc) is 2.68. The number of nitrogens with one attached hydrogen (secondary N) is 1. The Kier molecular flexibility index (Phi) is 4.02. The first kappa shape index (κ1) is 14.2. The molecular weight excluding hydrogens is 254 g/mol. The highest BCUT2D eigenvalue weighted by Gasteiger charge is 2.14. The molecule has 0 aliphatic heterocycles. The van der Waals surface area contributed by atoms with E-state index in [9.17, 15) is 0 Å². The lowest BCUT2D eigenvalue weighted by Gasteiger charge is -2.19. The molecule has 1 N–H and O–H groups in total. The quantitative estimate of drug-likeness (QED) is 0.928. The SMILES string of the molecule is Cc1ccncc1-c1nc(C)c(CNC(C)(C)C)s1. The van der Waals surface area contributed by atoms with Crippen LogP contribution in [0.4, 0.5) is 0 Å². The van der Waals surface area contributed by atoms with Gasteiger partial charge in [-0.2, -0.15) is 0 Å². The number of aromatic nitrogens is 2. The topological polar surface area (TPSA) is 37.8 Å². The highest BCUT2D eigenvalue weighted by molar-refractivity contribution is 7.15. The zero-order valence-corrected chi connectivity index (χ0v) is 13.1. The summed E-state index contributed by atoms with van der Waals surface area (Å²) in [6.45, 7) is 11.6. The Morgan fingerprint density at radius 3 is 2.63 bits per heavy atom. The monoisotopic (exact) mass is 275 g/mol. The van der Waals surface area contributed by atoms with Gasteiger partial charge in [0.05, 0.1) is 5.69 Å². The van der Waals surface area contributed by atoms with Crippen molar-refractivity contribution in [3.8, 4) is 10.6 Å². The van der Waals surface area contributed by atoms with Crippen molar-refractivity contribution in [3.63, 3.8) is 0 Å². The molecule has 4 heteroatoms. The molecule has 0 saturated heterocycles. The van der Waals surface area contributed by atoms with Crippen LogP contribution in [0, 0.1) is 13.8 Å². The van der Waals surface area contributed by atoms with Gasteiger partial charge in [0.15, 0.2) is 0 Å². The minimum Gasteiger partial charge on any atom is -0.307 e. The fraction of sp³-hybridized carbons (Fsp3) is 0.467. The van der Waals surface area contributed by atoms with Gasteiger partial charge in [-0.05, 0) is 46.2 Å². The van der Waals surface area contributed by atoms with Gasteiger partial charge in [0.25, 0.3) is 0 Å². The molecule has 0 atom stereocenters.